The third-order valence-electron chi connectivity index (χ3n) is 6.69. The van der Waals surface area contributed by atoms with Crippen LogP contribution in [0.25, 0.3) is 27.7 Å². The van der Waals surface area contributed by atoms with E-state index in [1.54, 1.807) is 6.92 Å². The van der Waals surface area contributed by atoms with Crippen LogP contribution in [0.4, 0.5) is 17.6 Å². The van der Waals surface area contributed by atoms with Crippen LogP contribution in [0.15, 0.2) is 89.1 Å². The van der Waals surface area contributed by atoms with Crippen molar-refractivity contribution < 1.29 is 22.3 Å². The van der Waals surface area contributed by atoms with Crippen molar-refractivity contribution in [3.05, 3.63) is 128 Å². The monoisotopic (exact) mass is 598 g/mol. The molecule has 2 heterocycles. The summed E-state index contributed by atoms with van der Waals surface area (Å²) < 4.78 is 65.3. The average molecular weight is 599 g/mol. The van der Waals surface area contributed by atoms with Gasteiger partial charge in [0.05, 0.1) is 22.9 Å². The predicted molar refractivity (Wildman–Crippen MR) is 152 cm³/mol. The van der Waals surface area contributed by atoms with E-state index in [0.717, 1.165) is 27.1 Å². The molecule has 3 aromatic carbocycles. The van der Waals surface area contributed by atoms with E-state index < -0.39 is 40.1 Å². The summed E-state index contributed by atoms with van der Waals surface area (Å²) in [4.78, 5) is 26.7. The Morgan fingerprint density at radius 3 is 2.40 bits per heavy atom. The number of pyridine rings is 1. The topological polar surface area (TPSA) is 71.0 Å². The first kappa shape index (κ1) is 29.0. The Bertz CT molecular complexity index is 1910. The molecule has 42 heavy (non-hydrogen) atoms. The van der Waals surface area contributed by atoms with E-state index in [2.05, 4.69) is 11.7 Å². The van der Waals surface area contributed by atoms with Gasteiger partial charge in [-0.25, -0.2) is 9.18 Å². The molecule has 0 aliphatic carbocycles. The van der Waals surface area contributed by atoms with Crippen LogP contribution in [-0.4, -0.2) is 25.1 Å². The lowest BCUT2D eigenvalue weighted by atomic mass is 10.0. The molecule has 0 atom stereocenters. The van der Waals surface area contributed by atoms with E-state index >= 15 is 0 Å². The van der Waals surface area contributed by atoms with Gasteiger partial charge < -0.3 is 4.74 Å². The first-order valence-electron chi connectivity index (χ1n) is 12.7. The zero-order valence-corrected chi connectivity index (χ0v) is 22.9. The zero-order valence-electron chi connectivity index (χ0n) is 22.2. The number of benzene rings is 3. The van der Waals surface area contributed by atoms with Crippen molar-refractivity contribution >= 4 is 27.9 Å². The summed E-state index contributed by atoms with van der Waals surface area (Å²) >= 11 is 6.13. The minimum Gasteiger partial charge on any atom is -0.369 e. The van der Waals surface area contributed by atoms with E-state index in [9.17, 15) is 27.2 Å². The van der Waals surface area contributed by atoms with Crippen LogP contribution in [-0.2, 0) is 24.5 Å². The molecule has 0 N–H and O–H groups in total. The summed E-state index contributed by atoms with van der Waals surface area (Å²) in [6, 6.07) is 16.9. The molecule has 2 aromatic heterocycles. The molecule has 0 spiro atoms. The Kier molecular flexibility index (Phi) is 7.89. The smallest absolute Gasteiger partial charge is 0.369 e. The number of nitrogens with zero attached hydrogens (tertiary/aromatic N) is 4. The summed E-state index contributed by atoms with van der Waals surface area (Å²) in [5, 5.41) is 3.88. The molecule has 216 valence electrons. The van der Waals surface area contributed by atoms with Gasteiger partial charge in [0.15, 0.2) is 5.82 Å². The summed E-state index contributed by atoms with van der Waals surface area (Å²) in [5.41, 5.74) is -2.48. The second-order valence-corrected chi connectivity index (χ2v) is 9.73. The highest BCUT2D eigenvalue weighted by Gasteiger charge is 2.35. The van der Waals surface area contributed by atoms with Crippen molar-refractivity contribution in [2.24, 2.45) is 0 Å². The van der Waals surface area contributed by atoms with Crippen LogP contribution >= 0.6 is 11.6 Å². The maximum Gasteiger partial charge on any atom is 0.416 e. The van der Waals surface area contributed by atoms with Crippen molar-refractivity contribution in [1.29, 1.82) is 0 Å². The number of ether oxygens (including phenoxy) is 1. The minimum atomic E-state index is -4.88. The zero-order chi connectivity index (χ0) is 30.2. The molecular weight excluding hydrogens is 576 g/mol. The molecule has 0 radical (unpaired) electrons. The quantitative estimate of drug-likeness (QED) is 0.193. The van der Waals surface area contributed by atoms with Gasteiger partial charge in [-0.3, -0.25) is 13.9 Å². The highest BCUT2D eigenvalue weighted by Crippen LogP contribution is 2.36. The number of allylic oxidation sites excluding steroid dienone is 1. The predicted octanol–water partition coefficient (Wildman–Crippen LogP) is 6.44. The maximum absolute atomic E-state index is 14.7. The van der Waals surface area contributed by atoms with Gasteiger partial charge in [0.2, 0.25) is 0 Å². The summed E-state index contributed by atoms with van der Waals surface area (Å²) in [5.74, 6) is -0.592. The van der Waals surface area contributed by atoms with Crippen molar-refractivity contribution in [3.63, 3.8) is 0 Å². The van der Waals surface area contributed by atoms with Gasteiger partial charge in [0, 0.05) is 23.7 Å². The summed E-state index contributed by atoms with van der Waals surface area (Å²) in [7, 11) is 0. The van der Waals surface area contributed by atoms with Gasteiger partial charge >= 0.3 is 11.9 Å². The third kappa shape index (κ3) is 5.40. The number of aromatic nitrogens is 4. The molecule has 0 fully saturated rings. The third-order valence-corrected chi connectivity index (χ3v) is 6.99. The fourth-order valence-electron chi connectivity index (χ4n) is 4.60. The van der Waals surface area contributed by atoms with Crippen LogP contribution in [0.5, 0.6) is 0 Å². The molecule has 0 saturated heterocycles. The molecule has 0 aliphatic heterocycles. The number of halogens is 5. The van der Waals surface area contributed by atoms with Crippen molar-refractivity contribution in [2.75, 3.05) is 0 Å². The van der Waals surface area contributed by atoms with Crippen LogP contribution in [0.2, 0.25) is 5.02 Å². The Hall–Kier alpha value is -4.48. The number of hydrogen-bond donors (Lipinski definition) is 0. The molecule has 0 bridgehead atoms. The second-order valence-electron chi connectivity index (χ2n) is 9.33. The van der Waals surface area contributed by atoms with Gasteiger partial charge in [-0.1, -0.05) is 54.6 Å². The second kappa shape index (κ2) is 11.4. The van der Waals surface area contributed by atoms with Crippen molar-refractivity contribution in [1.82, 2.24) is 18.9 Å². The molecule has 12 heteroatoms. The van der Waals surface area contributed by atoms with E-state index in [4.69, 9.17) is 16.3 Å². The lowest BCUT2D eigenvalue weighted by Gasteiger charge is -2.17. The average Bonchev–Trinajstić information content (AvgIpc) is 3.28. The molecule has 0 amide bonds. The van der Waals surface area contributed by atoms with E-state index in [0.29, 0.717) is 5.82 Å². The Balaban J connectivity index is 1.64. The largest absolute Gasteiger partial charge is 0.416 e. The fraction of sp³-hybridized carbons (Fsp3) is 0.167. The van der Waals surface area contributed by atoms with Gasteiger partial charge in [-0.2, -0.15) is 17.9 Å². The van der Waals surface area contributed by atoms with Crippen molar-refractivity contribution in [2.45, 2.75) is 32.9 Å². The molecule has 7 nitrogen and oxygen atoms in total. The van der Waals surface area contributed by atoms with Crippen LogP contribution in [0.3, 0.4) is 0 Å². The van der Waals surface area contributed by atoms with Gasteiger partial charge in [-0.05, 0) is 48.2 Å². The molecule has 5 aromatic rings. The summed E-state index contributed by atoms with van der Waals surface area (Å²) in [6.45, 7) is 5.49. The van der Waals surface area contributed by atoms with Crippen LogP contribution in [0, 0.1) is 5.82 Å². The van der Waals surface area contributed by atoms with E-state index in [1.165, 1.54) is 34.9 Å². The number of fused-ring (bicyclic) bond motifs is 1. The van der Waals surface area contributed by atoms with Crippen LogP contribution < -0.4 is 11.2 Å². The lowest BCUT2D eigenvalue weighted by molar-refractivity contribution is -0.0686. The highest BCUT2D eigenvalue weighted by atomic mass is 35.5. The number of hydrogen-bond acceptors (Lipinski definition) is 4. The highest BCUT2D eigenvalue weighted by molar-refractivity contribution is 6.32. The maximum atomic E-state index is 14.7. The number of rotatable bonds is 8. The first-order valence-corrected chi connectivity index (χ1v) is 13.1. The van der Waals surface area contributed by atoms with Gasteiger partial charge in [0.1, 0.15) is 18.1 Å². The Morgan fingerprint density at radius 2 is 1.74 bits per heavy atom. The fourth-order valence-corrected chi connectivity index (χ4v) is 4.86. The Labute approximate surface area is 241 Å². The van der Waals surface area contributed by atoms with Gasteiger partial charge in [-0.15, -0.1) is 5.10 Å². The molecule has 0 unspecified atom stereocenters. The number of para-hydroxylation sites is 1. The Morgan fingerprint density at radius 1 is 1.00 bits per heavy atom. The molecule has 0 saturated carbocycles. The van der Waals surface area contributed by atoms with E-state index in [1.807, 2.05) is 30.3 Å². The first-order chi connectivity index (χ1) is 20.0. The standard InChI is InChI=1S/C30H23ClF4N4O3/c1-3-37-26(17-42-16-19-8-5-4-6-9-19)36-39(29(37)41)20-12-13-21-22(14-20)23(18(2)30(33,34)35)15-38(28(21)40)27-24(31)10-7-11-25(27)32/h4-15H,2-3,16-17H2,1H3. The molecular formula is C30H23ClF4N4O3. The SMILES string of the molecule is C=C(c1cn(-c2c(F)cccc2Cl)c(=O)c2ccc(-n3nc(COCc4ccccc4)n(CC)c3=O)cc12)C(F)(F)F. The number of alkyl halides is 3. The lowest BCUT2D eigenvalue weighted by Crippen LogP contribution is -2.25. The van der Waals surface area contributed by atoms with Crippen molar-refractivity contribution in [3.8, 4) is 11.4 Å². The normalized spacial score (nSPS) is 11.8. The van der Waals surface area contributed by atoms with E-state index in [-0.39, 0.29) is 41.2 Å². The summed E-state index contributed by atoms with van der Waals surface area (Å²) in [6.07, 6.45) is -4.03. The molecule has 0 aliphatic rings. The van der Waals surface area contributed by atoms with Gasteiger partial charge in [0.25, 0.3) is 5.56 Å². The van der Waals surface area contributed by atoms with Crippen LogP contribution in [0.1, 0.15) is 23.9 Å². The minimum absolute atomic E-state index is 0.00277. The molecule has 5 rings (SSSR count).